The third-order valence-electron chi connectivity index (χ3n) is 7.70. The largest absolute Gasteiger partial charge is 0.272 e. The van der Waals surface area contributed by atoms with Gasteiger partial charge in [-0.3, -0.25) is 14.4 Å². The molecular formula is C34H67NO3. The maximum atomic E-state index is 12.6. The van der Waals surface area contributed by atoms with Crippen LogP contribution in [0.25, 0.3) is 0 Å². The lowest BCUT2D eigenvalue weighted by molar-refractivity contribution is -0.194. The van der Waals surface area contributed by atoms with Crippen molar-refractivity contribution >= 4 is 11.8 Å². The first kappa shape index (κ1) is 37.1. The number of amides is 2. The lowest BCUT2D eigenvalue weighted by Crippen LogP contribution is -2.36. The number of rotatable bonds is 30. The van der Waals surface area contributed by atoms with Crippen LogP contribution in [0.5, 0.6) is 0 Å². The molecule has 4 heteroatoms. The Labute approximate surface area is 238 Å². The van der Waals surface area contributed by atoms with E-state index in [0.29, 0.717) is 19.4 Å². The molecule has 0 radical (unpaired) electrons. The fourth-order valence-electron chi connectivity index (χ4n) is 5.20. The van der Waals surface area contributed by atoms with Gasteiger partial charge in [0, 0.05) is 12.8 Å². The number of unbranched alkanes of at least 4 members (excludes halogenated alkanes) is 24. The Kier molecular flexibility index (Phi) is 29.9. The van der Waals surface area contributed by atoms with Crippen LogP contribution in [0.15, 0.2) is 0 Å². The van der Waals surface area contributed by atoms with Gasteiger partial charge >= 0.3 is 0 Å². The Hall–Kier alpha value is -0.900. The topological polar surface area (TPSA) is 46.6 Å². The quantitative estimate of drug-likeness (QED) is 0.0676. The van der Waals surface area contributed by atoms with Crippen LogP contribution in [-0.4, -0.2) is 23.5 Å². The zero-order valence-electron chi connectivity index (χ0n) is 26.2. The summed E-state index contributed by atoms with van der Waals surface area (Å²) in [4.78, 5) is 30.6. The van der Waals surface area contributed by atoms with E-state index in [2.05, 4.69) is 13.8 Å². The van der Waals surface area contributed by atoms with Crippen molar-refractivity contribution in [3.63, 3.8) is 0 Å². The molecule has 0 aromatic carbocycles. The van der Waals surface area contributed by atoms with Gasteiger partial charge in [-0.1, -0.05) is 168 Å². The number of hydrogen-bond donors (Lipinski definition) is 0. The zero-order chi connectivity index (χ0) is 27.9. The van der Waals surface area contributed by atoms with Crippen LogP contribution in [-0.2, 0) is 14.4 Å². The third-order valence-corrected chi connectivity index (χ3v) is 7.70. The van der Waals surface area contributed by atoms with Gasteiger partial charge < -0.3 is 0 Å². The van der Waals surface area contributed by atoms with Gasteiger partial charge in [0.2, 0.25) is 0 Å². The monoisotopic (exact) mass is 538 g/mol. The summed E-state index contributed by atoms with van der Waals surface area (Å²) in [6.07, 6.45) is 34.2. The van der Waals surface area contributed by atoms with Crippen LogP contribution < -0.4 is 0 Å². The van der Waals surface area contributed by atoms with Crippen molar-refractivity contribution in [2.45, 2.75) is 201 Å². The smallest absolute Gasteiger partial charge is 0.253 e. The van der Waals surface area contributed by atoms with Crippen molar-refractivity contribution in [2.24, 2.45) is 0 Å². The molecule has 2 amide bonds. The Bertz CT molecular complexity index is 466. The molecule has 0 aromatic rings. The molecular weight excluding hydrogens is 470 g/mol. The SMILES string of the molecule is CCCCCCCCCCCCCCCC(=O)N(OCC)C(=O)CCCCCCCCCCCCCCC. The van der Waals surface area contributed by atoms with Crippen molar-refractivity contribution < 1.29 is 14.4 Å². The predicted octanol–water partition coefficient (Wildman–Crippen LogP) is 11.3. The first-order chi connectivity index (χ1) is 18.7. The summed E-state index contributed by atoms with van der Waals surface area (Å²) in [5.74, 6) is -0.316. The second-order valence-electron chi connectivity index (χ2n) is 11.5. The molecule has 0 atom stereocenters. The molecule has 38 heavy (non-hydrogen) atoms. The van der Waals surface area contributed by atoms with E-state index in [-0.39, 0.29) is 11.8 Å². The Balaban J connectivity index is 3.69. The van der Waals surface area contributed by atoms with E-state index in [1.807, 2.05) is 6.92 Å². The summed E-state index contributed by atoms with van der Waals surface area (Å²) < 4.78 is 0. The fourth-order valence-corrected chi connectivity index (χ4v) is 5.20. The molecule has 0 aliphatic rings. The van der Waals surface area contributed by atoms with Crippen LogP contribution in [0, 0.1) is 0 Å². The highest BCUT2D eigenvalue weighted by molar-refractivity contribution is 5.93. The second-order valence-corrected chi connectivity index (χ2v) is 11.5. The van der Waals surface area contributed by atoms with Crippen LogP contribution >= 0.6 is 0 Å². The van der Waals surface area contributed by atoms with E-state index in [1.165, 1.54) is 141 Å². The lowest BCUT2D eigenvalue weighted by Gasteiger charge is -2.19. The summed E-state index contributed by atoms with van der Waals surface area (Å²) in [5, 5.41) is 1.07. The number of hydroxylamine groups is 2. The van der Waals surface area contributed by atoms with Gasteiger partial charge in [-0.05, 0) is 19.8 Å². The number of carbonyl (C=O) groups is 2. The summed E-state index contributed by atoms with van der Waals surface area (Å²) in [5.41, 5.74) is 0. The molecule has 0 fully saturated rings. The summed E-state index contributed by atoms with van der Waals surface area (Å²) >= 11 is 0. The third kappa shape index (κ3) is 25.4. The Morgan fingerprint density at radius 1 is 0.395 bits per heavy atom. The Morgan fingerprint density at radius 3 is 0.868 bits per heavy atom. The molecule has 0 saturated heterocycles. The molecule has 0 N–H and O–H groups in total. The normalized spacial score (nSPS) is 11.2. The van der Waals surface area contributed by atoms with E-state index in [0.717, 1.165) is 30.7 Å². The van der Waals surface area contributed by atoms with Crippen molar-refractivity contribution in [2.75, 3.05) is 6.61 Å². The first-order valence-electron chi connectivity index (χ1n) is 17.2. The van der Waals surface area contributed by atoms with E-state index >= 15 is 0 Å². The van der Waals surface area contributed by atoms with Gasteiger partial charge in [-0.15, -0.1) is 0 Å². The maximum absolute atomic E-state index is 12.6. The molecule has 0 aliphatic carbocycles. The van der Waals surface area contributed by atoms with Crippen molar-refractivity contribution in [1.82, 2.24) is 5.06 Å². The van der Waals surface area contributed by atoms with Crippen molar-refractivity contribution in [3.05, 3.63) is 0 Å². The summed E-state index contributed by atoms with van der Waals surface area (Å²) in [7, 11) is 0. The van der Waals surface area contributed by atoms with Gasteiger partial charge in [0.1, 0.15) is 0 Å². The fraction of sp³-hybridized carbons (Fsp3) is 0.941. The number of imide groups is 1. The molecule has 0 spiro atoms. The maximum Gasteiger partial charge on any atom is 0.253 e. The minimum Gasteiger partial charge on any atom is -0.272 e. The molecule has 0 aromatic heterocycles. The van der Waals surface area contributed by atoms with Crippen LogP contribution in [0.4, 0.5) is 0 Å². The van der Waals surface area contributed by atoms with Gasteiger partial charge in [0.25, 0.3) is 11.8 Å². The molecule has 0 unspecified atom stereocenters. The number of carbonyl (C=O) groups excluding carboxylic acids is 2. The van der Waals surface area contributed by atoms with E-state index in [1.54, 1.807) is 0 Å². The number of nitrogens with zero attached hydrogens (tertiary/aromatic N) is 1. The van der Waals surface area contributed by atoms with Gasteiger partial charge in [-0.2, -0.15) is 5.06 Å². The van der Waals surface area contributed by atoms with Crippen molar-refractivity contribution in [3.8, 4) is 0 Å². The molecule has 0 saturated carbocycles. The highest BCUT2D eigenvalue weighted by Gasteiger charge is 2.21. The Morgan fingerprint density at radius 2 is 0.632 bits per heavy atom. The summed E-state index contributed by atoms with van der Waals surface area (Å²) in [6.45, 7) is 6.73. The van der Waals surface area contributed by atoms with Crippen molar-refractivity contribution in [1.29, 1.82) is 0 Å². The number of hydrogen-bond acceptors (Lipinski definition) is 3. The molecule has 0 heterocycles. The van der Waals surface area contributed by atoms with Gasteiger partial charge in [-0.25, -0.2) is 0 Å². The molecule has 0 rings (SSSR count). The van der Waals surface area contributed by atoms with E-state index in [4.69, 9.17) is 4.84 Å². The summed E-state index contributed by atoms with van der Waals surface area (Å²) in [6, 6.07) is 0. The first-order valence-corrected chi connectivity index (χ1v) is 17.2. The highest BCUT2D eigenvalue weighted by Crippen LogP contribution is 2.15. The highest BCUT2D eigenvalue weighted by atomic mass is 16.7. The van der Waals surface area contributed by atoms with Gasteiger partial charge in [0.05, 0.1) is 6.61 Å². The van der Waals surface area contributed by atoms with E-state index in [9.17, 15) is 9.59 Å². The average molecular weight is 538 g/mol. The molecule has 4 nitrogen and oxygen atoms in total. The molecule has 226 valence electrons. The minimum absolute atomic E-state index is 0.158. The standard InChI is InChI=1S/C34H67NO3/c1-4-7-9-11-13-15-17-19-21-23-25-27-29-31-33(36)35(38-6-3)34(37)32-30-28-26-24-22-20-18-16-14-12-10-8-5-2/h4-32H2,1-3H3. The van der Waals surface area contributed by atoms with Gasteiger partial charge in [0.15, 0.2) is 0 Å². The van der Waals surface area contributed by atoms with Crippen LogP contribution in [0.2, 0.25) is 0 Å². The molecule has 0 aliphatic heterocycles. The lowest BCUT2D eigenvalue weighted by atomic mass is 10.0. The predicted molar refractivity (Wildman–Crippen MR) is 164 cm³/mol. The minimum atomic E-state index is -0.158. The second kappa shape index (κ2) is 30.6. The molecule has 0 bridgehead atoms. The van der Waals surface area contributed by atoms with Crippen LogP contribution in [0.3, 0.4) is 0 Å². The van der Waals surface area contributed by atoms with Crippen LogP contribution in [0.1, 0.15) is 201 Å². The zero-order valence-corrected chi connectivity index (χ0v) is 26.2. The average Bonchev–Trinajstić information content (AvgIpc) is 2.92. The van der Waals surface area contributed by atoms with E-state index < -0.39 is 0 Å².